The van der Waals surface area contributed by atoms with Gasteiger partial charge in [-0.25, -0.2) is 0 Å². The van der Waals surface area contributed by atoms with E-state index in [1.54, 1.807) is 0 Å². The number of fused-ring (bicyclic) bond motifs is 1. The van der Waals surface area contributed by atoms with E-state index >= 15 is 0 Å². The lowest BCUT2D eigenvalue weighted by Crippen LogP contribution is -2.21. The highest BCUT2D eigenvalue weighted by Crippen LogP contribution is 2.24. The van der Waals surface area contributed by atoms with Gasteiger partial charge in [0, 0.05) is 10.9 Å². The average molecular weight is 295 g/mol. The molecule has 2 aromatic carbocycles. The largest absolute Gasteiger partial charge is 0.310 e. The van der Waals surface area contributed by atoms with Crippen LogP contribution < -0.4 is 5.32 Å². The molecule has 0 saturated heterocycles. The van der Waals surface area contributed by atoms with Crippen LogP contribution in [0.15, 0.2) is 60.0 Å². The van der Waals surface area contributed by atoms with Crippen LogP contribution >= 0.6 is 11.3 Å². The van der Waals surface area contributed by atoms with E-state index in [4.69, 9.17) is 0 Å². The summed E-state index contributed by atoms with van der Waals surface area (Å²) in [6.45, 7) is 3.18. The Morgan fingerprint density at radius 3 is 2.62 bits per heavy atom. The third-order valence-corrected chi connectivity index (χ3v) is 4.82. The van der Waals surface area contributed by atoms with Crippen LogP contribution in [0, 0.1) is 0 Å². The van der Waals surface area contributed by atoms with Gasteiger partial charge in [-0.15, -0.1) is 11.3 Å². The number of aryl methyl sites for hydroxylation is 1. The number of thiophene rings is 1. The Hall–Kier alpha value is -1.64. The summed E-state index contributed by atoms with van der Waals surface area (Å²) in [5.74, 6) is 0. The number of nitrogens with one attached hydrogen (secondary N) is 1. The predicted octanol–water partition coefficient (Wildman–Crippen LogP) is 5.18. The van der Waals surface area contributed by atoms with E-state index in [1.165, 1.54) is 21.2 Å². The van der Waals surface area contributed by atoms with Crippen LogP contribution in [0.1, 0.15) is 29.8 Å². The van der Waals surface area contributed by atoms with Gasteiger partial charge in [0.2, 0.25) is 0 Å². The summed E-state index contributed by atoms with van der Waals surface area (Å²) in [6.07, 6.45) is 2.29. The van der Waals surface area contributed by atoms with E-state index < -0.39 is 0 Å². The molecular weight excluding hydrogens is 274 g/mol. The molecule has 1 unspecified atom stereocenters. The van der Waals surface area contributed by atoms with Crippen molar-refractivity contribution in [1.29, 1.82) is 0 Å². The summed E-state index contributed by atoms with van der Waals surface area (Å²) in [4.78, 5) is 1.47. The monoisotopic (exact) mass is 295 g/mol. The first-order valence-corrected chi connectivity index (χ1v) is 8.49. The Balaban J connectivity index is 1.80. The smallest absolute Gasteiger partial charge is 0.0323 e. The van der Waals surface area contributed by atoms with Crippen molar-refractivity contribution in [3.8, 4) is 0 Å². The SMILES string of the molecule is CCNC(CCc1cccs1)c1ccc2ccccc2c1. The quantitative estimate of drug-likeness (QED) is 0.660. The third kappa shape index (κ3) is 3.52. The highest BCUT2D eigenvalue weighted by atomic mass is 32.1. The highest BCUT2D eigenvalue weighted by Gasteiger charge is 2.11. The molecule has 1 atom stereocenters. The van der Waals surface area contributed by atoms with Gasteiger partial charge < -0.3 is 5.32 Å². The van der Waals surface area contributed by atoms with Gasteiger partial charge in [-0.2, -0.15) is 0 Å². The fraction of sp³-hybridized carbons (Fsp3) is 0.263. The van der Waals surface area contributed by atoms with Crippen LogP contribution in [0.4, 0.5) is 0 Å². The Kier molecular flexibility index (Phi) is 4.69. The zero-order valence-electron chi connectivity index (χ0n) is 12.4. The maximum Gasteiger partial charge on any atom is 0.0323 e. The van der Waals surface area contributed by atoms with E-state index in [1.807, 2.05) is 11.3 Å². The minimum Gasteiger partial charge on any atom is -0.310 e. The summed E-state index contributed by atoms with van der Waals surface area (Å²) in [5.41, 5.74) is 1.40. The molecule has 1 aromatic heterocycles. The lowest BCUT2D eigenvalue weighted by molar-refractivity contribution is 0.517. The molecule has 3 aromatic rings. The first-order chi connectivity index (χ1) is 10.4. The number of benzene rings is 2. The molecule has 0 aliphatic rings. The number of rotatable bonds is 6. The van der Waals surface area contributed by atoms with Crippen molar-refractivity contribution < 1.29 is 0 Å². The first kappa shape index (κ1) is 14.3. The summed E-state index contributed by atoms with van der Waals surface area (Å²) in [6, 6.07) is 20.2. The van der Waals surface area contributed by atoms with Gasteiger partial charge in [0.1, 0.15) is 0 Å². The Labute approximate surface area is 130 Å². The molecule has 1 nitrogen and oxygen atoms in total. The van der Waals surface area contributed by atoms with Crippen molar-refractivity contribution in [2.75, 3.05) is 6.54 Å². The molecule has 0 fully saturated rings. The molecule has 0 spiro atoms. The third-order valence-electron chi connectivity index (χ3n) is 3.89. The minimum absolute atomic E-state index is 0.432. The molecule has 0 radical (unpaired) electrons. The van der Waals surface area contributed by atoms with Crippen molar-refractivity contribution in [3.63, 3.8) is 0 Å². The standard InChI is InChI=1S/C19H21NS/c1-2-20-19(12-11-18-8-5-13-21-18)17-10-9-15-6-3-4-7-16(15)14-17/h3-10,13-14,19-20H,2,11-12H2,1H3. The topological polar surface area (TPSA) is 12.0 Å². The first-order valence-electron chi connectivity index (χ1n) is 7.61. The minimum atomic E-state index is 0.432. The summed E-state index contributed by atoms with van der Waals surface area (Å²) < 4.78 is 0. The second-order valence-electron chi connectivity index (χ2n) is 5.33. The van der Waals surface area contributed by atoms with Crippen LogP contribution in [0.5, 0.6) is 0 Å². The van der Waals surface area contributed by atoms with Crippen LogP contribution in [-0.4, -0.2) is 6.54 Å². The second-order valence-corrected chi connectivity index (χ2v) is 6.37. The van der Waals surface area contributed by atoms with Crippen molar-refractivity contribution in [1.82, 2.24) is 5.32 Å². The normalized spacial score (nSPS) is 12.6. The molecule has 0 amide bonds. The van der Waals surface area contributed by atoms with Gasteiger partial charge in [-0.1, -0.05) is 49.4 Å². The molecule has 3 rings (SSSR count). The molecule has 0 bridgehead atoms. The van der Waals surface area contributed by atoms with Gasteiger partial charge in [-0.3, -0.25) is 0 Å². The molecule has 21 heavy (non-hydrogen) atoms. The fourth-order valence-corrected chi connectivity index (χ4v) is 3.52. The Morgan fingerprint density at radius 1 is 1.00 bits per heavy atom. The van der Waals surface area contributed by atoms with Gasteiger partial charge in [0.15, 0.2) is 0 Å². The zero-order chi connectivity index (χ0) is 14.5. The van der Waals surface area contributed by atoms with Crippen LogP contribution in [0.3, 0.4) is 0 Å². The molecule has 2 heteroatoms. The summed E-state index contributed by atoms with van der Waals surface area (Å²) >= 11 is 1.85. The zero-order valence-corrected chi connectivity index (χ0v) is 13.2. The molecular formula is C19H21NS. The fourth-order valence-electron chi connectivity index (χ4n) is 2.80. The molecule has 1 heterocycles. The van der Waals surface area contributed by atoms with Gasteiger partial charge >= 0.3 is 0 Å². The van der Waals surface area contributed by atoms with Crippen LogP contribution in [0.2, 0.25) is 0 Å². The Bertz CT molecular complexity index is 688. The lowest BCUT2D eigenvalue weighted by Gasteiger charge is -2.18. The lowest BCUT2D eigenvalue weighted by atomic mass is 9.98. The van der Waals surface area contributed by atoms with E-state index in [-0.39, 0.29) is 0 Å². The average Bonchev–Trinajstić information content (AvgIpc) is 3.04. The molecule has 108 valence electrons. The van der Waals surface area contributed by atoms with Crippen molar-refractivity contribution >= 4 is 22.1 Å². The number of hydrogen-bond donors (Lipinski definition) is 1. The van der Waals surface area contributed by atoms with Gasteiger partial charge in [0.25, 0.3) is 0 Å². The van der Waals surface area contributed by atoms with E-state index in [2.05, 4.69) is 72.2 Å². The van der Waals surface area contributed by atoms with Gasteiger partial charge in [0.05, 0.1) is 0 Å². The van der Waals surface area contributed by atoms with Crippen molar-refractivity contribution in [2.45, 2.75) is 25.8 Å². The molecule has 1 N–H and O–H groups in total. The predicted molar refractivity (Wildman–Crippen MR) is 93.0 cm³/mol. The van der Waals surface area contributed by atoms with Gasteiger partial charge in [-0.05, 0) is 53.2 Å². The maximum absolute atomic E-state index is 3.63. The van der Waals surface area contributed by atoms with Crippen molar-refractivity contribution in [2.24, 2.45) is 0 Å². The molecule has 0 saturated carbocycles. The maximum atomic E-state index is 3.63. The molecule has 0 aliphatic heterocycles. The van der Waals surface area contributed by atoms with E-state index in [9.17, 15) is 0 Å². The van der Waals surface area contributed by atoms with Crippen LogP contribution in [0.25, 0.3) is 10.8 Å². The number of hydrogen-bond acceptors (Lipinski definition) is 2. The molecule has 0 aliphatic carbocycles. The summed E-state index contributed by atoms with van der Waals surface area (Å²) in [5, 5.41) is 8.43. The van der Waals surface area contributed by atoms with Crippen LogP contribution in [-0.2, 0) is 6.42 Å². The van der Waals surface area contributed by atoms with E-state index in [0.717, 1.165) is 19.4 Å². The van der Waals surface area contributed by atoms with Crippen molar-refractivity contribution in [3.05, 3.63) is 70.4 Å². The second kappa shape index (κ2) is 6.88. The summed E-state index contributed by atoms with van der Waals surface area (Å²) in [7, 11) is 0. The Morgan fingerprint density at radius 2 is 1.86 bits per heavy atom. The highest BCUT2D eigenvalue weighted by molar-refractivity contribution is 7.09. The van der Waals surface area contributed by atoms with E-state index in [0.29, 0.717) is 6.04 Å².